The molecule has 18 heavy (non-hydrogen) atoms. The molecule has 0 amide bonds. The Morgan fingerprint density at radius 3 is 2.56 bits per heavy atom. The minimum absolute atomic E-state index is 0.944. The number of hydrogen-bond acceptors (Lipinski definition) is 2. The van der Waals surface area contributed by atoms with Crippen molar-refractivity contribution < 1.29 is 0 Å². The first-order chi connectivity index (χ1) is 8.70. The summed E-state index contributed by atoms with van der Waals surface area (Å²) in [4.78, 5) is 2.48. The molecule has 1 aromatic carbocycles. The van der Waals surface area contributed by atoms with Crippen molar-refractivity contribution >= 4 is 0 Å². The van der Waals surface area contributed by atoms with Crippen LogP contribution in [-0.4, -0.2) is 32.1 Å². The molecule has 0 aliphatic heterocycles. The molecule has 2 atom stereocenters. The average Bonchev–Trinajstić information content (AvgIpc) is 3.03. The summed E-state index contributed by atoms with van der Waals surface area (Å²) in [5, 5.41) is 3.23. The van der Waals surface area contributed by atoms with Crippen molar-refractivity contribution in [3.8, 4) is 0 Å². The fourth-order valence-corrected chi connectivity index (χ4v) is 2.62. The van der Waals surface area contributed by atoms with Gasteiger partial charge < -0.3 is 10.2 Å². The quantitative estimate of drug-likeness (QED) is 0.795. The van der Waals surface area contributed by atoms with Gasteiger partial charge in [0, 0.05) is 13.1 Å². The molecule has 1 aromatic rings. The number of rotatable bonds is 7. The molecule has 100 valence electrons. The van der Waals surface area contributed by atoms with Crippen LogP contribution in [0.3, 0.4) is 0 Å². The van der Waals surface area contributed by atoms with E-state index in [-0.39, 0.29) is 0 Å². The first kappa shape index (κ1) is 13.6. The lowest BCUT2D eigenvalue weighted by Crippen LogP contribution is -2.22. The van der Waals surface area contributed by atoms with Gasteiger partial charge in [0.2, 0.25) is 0 Å². The van der Waals surface area contributed by atoms with Crippen molar-refractivity contribution in [2.24, 2.45) is 11.8 Å². The van der Waals surface area contributed by atoms with Crippen LogP contribution in [0.15, 0.2) is 24.3 Å². The predicted octanol–water partition coefficient (Wildman–Crippen LogP) is 2.54. The van der Waals surface area contributed by atoms with Crippen molar-refractivity contribution in [2.45, 2.75) is 26.3 Å². The normalized spacial score (nSPS) is 22.4. The molecule has 2 heteroatoms. The van der Waals surface area contributed by atoms with Crippen LogP contribution in [-0.2, 0) is 13.0 Å². The minimum Gasteiger partial charge on any atom is -0.319 e. The molecule has 2 rings (SSSR count). The highest BCUT2D eigenvalue weighted by Gasteiger charge is 2.33. The minimum atomic E-state index is 0.944. The molecule has 1 aliphatic carbocycles. The van der Waals surface area contributed by atoms with E-state index >= 15 is 0 Å². The fraction of sp³-hybridized carbons (Fsp3) is 0.625. The number of benzene rings is 1. The zero-order valence-corrected chi connectivity index (χ0v) is 11.9. The van der Waals surface area contributed by atoms with Gasteiger partial charge in [-0.3, -0.25) is 0 Å². The molecule has 0 spiro atoms. The zero-order valence-electron chi connectivity index (χ0n) is 11.9. The lowest BCUT2D eigenvalue weighted by Gasteiger charge is -2.19. The van der Waals surface area contributed by atoms with E-state index in [2.05, 4.69) is 48.5 Å². The third-order valence-corrected chi connectivity index (χ3v) is 4.03. The standard InChI is InChI=1S/C16H26N2/c1-13-10-16(13)12-18(3)11-15-7-5-4-6-14(15)8-9-17-2/h4-7,13,16-17H,8-12H2,1-3H3. The number of likely N-dealkylation sites (N-methyl/N-ethyl adjacent to an activating group) is 1. The van der Waals surface area contributed by atoms with Crippen LogP contribution in [0.1, 0.15) is 24.5 Å². The van der Waals surface area contributed by atoms with Gasteiger partial charge in [-0.1, -0.05) is 31.2 Å². The fourth-order valence-electron chi connectivity index (χ4n) is 2.62. The van der Waals surface area contributed by atoms with Crippen molar-refractivity contribution in [3.63, 3.8) is 0 Å². The van der Waals surface area contributed by atoms with E-state index in [1.807, 2.05) is 7.05 Å². The third-order valence-electron chi connectivity index (χ3n) is 4.03. The van der Waals surface area contributed by atoms with Gasteiger partial charge in [-0.2, -0.15) is 0 Å². The zero-order chi connectivity index (χ0) is 13.0. The third kappa shape index (κ3) is 3.82. The summed E-state index contributed by atoms with van der Waals surface area (Å²) in [6, 6.07) is 8.85. The Kier molecular flexibility index (Phi) is 4.79. The number of hydrogen-bond donors (Lipinski definition) is 1. The molecule has 0 radical (unpaired) electrons. The summed E-state index contributed by atoms with van der Waals surface area (Å²) in [6.07, 6.45) is 2.55. The van der Waals surface area contributed by atoms with Gasteiger partial charge >= 0.3 is 0 Å². The lowest BCUT2D eigenvalue weighted by molar-refractivity contribution is 0.306. The SMILES string of the molecule is CNCCc1ccccc1CN(C)CC1CC1C. The van der Waals surface area contributed by atoms with E-state index in [0.29, 0.717) is 0 Å². The van der Waals surface area contributed by atoms with Gasteiger partial charge in [0.15, 0.2) is 0 Å². The van der Waals surface area contributed by atoms with Crippen LogP contribution in [0.5, 0.6) is 0 Å². The van der Waals surface area contributed by atoms with Crippen molar-refractivity contribution in [2.75, 3.05) is 27.2 Å². The summed E-state index contributed by atoms with van der Waals surface area (Å²) in [6.45, 7) is 5.75. The van der Waals surface area contributed by atoms with Gasteiger partial charge in [-0.05, 0) is 56.4 Å². The highest BCUT2D eigenvalue weighted by Crippen LogP contribution is 2.38. The Morgan fingerprint density at radius 2 is 1.94 bits per heavy atom. The van der Waals surface area contributed by atoms with Gasteiger partial charge in [0.05, 0.1) is 0 Å². The van der Waals surface area contributed by atoms with Crippen LogP contribution < -0.4 is 5.32 Å². The molecule has 2 unspecified atom stereocenters. The molecule has 2 nitrogen and oxygen atoms in total. The molecule has 1 N–H and O–H groups in total. The molecule has 0 saturated heterocycles. The second-order valence-electron chi connectivity index (χ2n) is 5.79. The number of nitrogens with one attached hydrogen (secondary N) is 1. The second-order valence-corrected chi connectivity index (χ2v) is 5.79. The van der Waals surface area contributed by atoms with Crippen LogP contribution in [0.4, 0.5) is 0 Å². The molecular weight excluding hydrogens is 220 g/mol. The van der Waals surface area contributed by atoms with E-state index in [4.69, 9.17) is 0 Å². The highest BCUT2D eigenvalue weighted by atomic mass is 15.1. The summed E-state index contributed by atoms with van der Waals surface area (Å²) < 4.78 is 0. The predicted molar refractivity (Wildman–Crippen MR) is 77.7 cm³/mol. The van der Waals surface area contributed by atoms with Gasteiger partial charge in [-0.15, -0.1) is 0 Å². The monoisotopic (exact) mass is 246 g/mol. The molecule has 1 aliphatic rings. The Balaban J connectivity index is 1.90. The van der Waals surface area contributed by atoms with E-state index in [9.17, 15) is 0 Å². The highest BCUT2D eigenvalue weighted by molar-refractivity contribution is 5.27. The largest absolute Gasteiger partial charge is 0.319 e. The maximum atomic E-state index is 3.23. The van der Waals surface area contributed by atoms with Crippen molar-refractivity contribution in [1.29, 1.82) is 0 Å². The van der Waals surface area contributed by atoms with Crippen molar-refractivity contribution in [3.05, 3.63) is 35.4 Å². The molecule has 0 bridgehead atoms. The van der Waals surface area contributed by atoms with E-state index in [1.54, 1.807) is 0 Å². The smallest absolute Gasteiger partial charge is 0.0233 e. The molecule has 1 saturated carbocycles. The maximum absolute atomic E-state index is 3.23. The summed E-state index contributed by atoms with van der Waals surface area (Å²) >= 11 is 0. The van der Waals surface area contributed by atoms with Crippen LogP contribution in [0.2, 0.25) is 0 Å². The Morgan fingerprint density at radius 1 is 1.28 bits per heavy atom. The van der Waals surface area contributed by atoms with Crippen LogP contribution in [0, 0.1) is 11.8 Å². The molecule has 0 aromatic heterocycles. The average molecular weight is 246 g/mol. The number of nitrogens with zero attached hydrogens (tertiary/aromatic N) is 1. The molecular formula is C16H26N2. The van der Waals surface area contributed by atoms with Crippen molar-refractivity contribution in [1.82, 2.24) is 10.2 Å². The van der Waals surface area contributed by atoms with Gasteiger partial charge in [0.1, 0.15) is 0 Å². The van der Waals surface area contributed by atoms with Crippen LogP contribution >= 0.6 is 0 Å². The first-order valence-corrected chi connectivity index (χ1v) is 7.10. The molecule has 1 fully saturated rings. The summed E-state index contributed by atoms with van der Waals surface area (Å²) in [7, 11) is 4.27. The summed E-state index contributed by atoms with van der Waals surface area (Å²) in [5.74, 6) is 1.89. The maximum Gasteiger partial charge on any atom is 0.0233 e. The molecule has 0 heterocycles. The van der Waals surface area contributed by atoms with E-state index in [1.165, 1.54) is 24.1 Å². The van der Waals surface area contributed by atoms with Gasteiger partial charge in [0.25, 0.3) is 0 Å². The second kappa shape index (κ2) is 6.35. The summed E-state index contributed by atoms with van der Waals surface area (Å²) in [5.41, 5.74) is 2.98. The van der Waals surface area contributed by atoms with Crippen LogP contribution in [0.25, 0.3) is 0 Å². The van der Waals surface area contributed by atoms with E-state index in [0.717, 1.165) is 31.3 Å². The Bertz CT molecular complexity index is 375. The Hall–Kier alpha value is -0.860. The topological polar surface area (TPSA) is 15.3 Å². The lowest BCUT2D eigenvalue weighted by atomic mass is 10.0. The van der Waals surface area contributed by atoms with Gasteiger partial charge in [-0.25, -0.2) is 0 Å². The van der Waals surface area contributed by atoms with E-state index < -0.39 is 0 Å². The Labute approximate surface area is 111 Å². The first-order valence-electron chi connectivity index (χ1n) is 7.10.